The maximum Gasteiger partial charge on any atom is 0.335 e. The summed E-state index contributed by atoms with van der Waals surface area (Å²) in [4.78, 5) is 11.2. The second-order valence-corrected chi connectivity index (χ2v) is 10.6. The third-order valence-electron chi connectivity index (χ3n) is 7.01. The number of hydrogen-bond acceptors (Lipinski definition) is 6. The van der Waals surface area contributed by atoms with Crippen molar-refractivity contribution in [1.82, 2.24) is 34.6 Å². The highest BCUT2D eigenvalue weighted by molar-refractivity contribution is 6.31. The number of rotatable bonds is 9. The molecule has 6 aromatic rings. The molecule has 0 amide bonds. The van der Waals surface area contributed by atoms with Crippen molar-refractivity contribution in [2.75, 3.05) is 0 Å². The van der Waals surface area contributed by atoms with Crippen molar-refractivity contribution < 1.29 is 27.8 Å². The second-order valence-electron chi connectivity index (χ2n) is 9.79. The van der Waals surface area contributed by atoms with Crippen LogP contribution in [0.1, 0.15) is 34.3 Å². The van der Waals surface area contributed by atoms with E-state index in [4.69, 9.17) is 23.2 Å². The van der Waals surface area contributed by atoms with Gasteiger partial charge in [-0.25, -0.2) is 18.5 Å². The van der Waals surface area contributed by atoms with Gasteiger partial charge in [-0.2, -0.15) is 23.7 Å². The number of carboxylic acid groups (broad SMARTS) is 1. The number of benzene rings is 2. The summed E-state index contributed by atoms with van der Waals surface area (Å²) in [5.74, 6) is -1.87. The Kier molecular flexibility index (Phi) is 7.99. The number of alkyl halides is 2. The lowest BCUT2D eigenvalue weighted by Crippen LogP contribution is -2.36. The fourth-order valence-corrected chi connectivity index (χ4v) is 5.14. The monoisotopic (exact) mass is 654 g/mol. The van der Waals surface area contributed by atoms with Gasteiger partial charge in [-0.3, -0.25) is 4.68 Å². The summed E-state index contributed by atoms with van der Waals surface area (Å²) >= 11 is 12.0. The average Bonchev–Trinajstić information content (AvgIpc) is 3.79. The van der Waals surface area contributed by atoms with Crippen LogP contribution in [0, 0.1) is 11.0 Å². The van der Waals surface area contributed by atoms with Gasteiger partial charge in [0.15, 0.2) is 17.2 Å². The molecule has 0 bridgehead atoms. The van der Waals surface area contributed by atoms with Crippen molar-refractivity contribution in [3.05, 3.63) is 124 Å². The van der Waals surface area contributed by atoms with Crippen LogP contribution in [0.5, 0.6) is 0 Å². The first-order valence-electron chi connectivity index (χ1n) is 13.1. The van der Waals surface area contributed by atoms with Gasteiger partial charge in [0, 0.05) is 30.4 Å². The Labute approximate surface area is 261 Å². The molecule has 1 atom stereocenters. The Morgan fingerprint density at radius 3 is 2.38 bits per heavy atom. The molecule has 16 heteroatoms. The van der Waals surface area contributed by atoms with Crippen LogP contribution in [0.2, 0.25) is 10.2 Å². The molecule has 228 valence electrons. The molecule has 2 aromatic carbocycles. The number of hydrogen-bond donors (Lipinski definition) is 1. The summed E-state index contributed by atoms with van der Waals surface area (Å²) < 4.78 is 45.7. The fourth-order valence-electron chi connectivity index (χ4n) is 4.85. The number of carbonyl (C=O) groups is 1. The van der Waals surface area contributed by atoms with Crippen LogP contribution in [-0.2, 0) is 6.42 Å². The van der Waals surface area contributed by atoms with E-state index in [1.165, 1.54) is 64.2 Å². The molecule has 0 aliphatic heterocycles. The van der Waals surface area contributed by atoms with Crippen LogP contribution in [0.25, 0.3) is 27.9 Å². The van der Waals surface area contributed by atoms with E-state index in [0.29, 0.717) is 20.5 Å². The lowest BCUT2D eigenvalue weighted by molar-refractivity contribution is -0.615. The van der Waals surface area contributed by atoms with E-state index in [0.717, 1.165) is 12.4 Å². The minimum atomic E-state index is -2.85. The Balaban J connectivity index is 1.42. The van der Waals surface area contributed by atoms with Gasteiger partial charge in [0.05, 0.1) is 45.5 Å². The van der Waals surface area contributed by atoms with Crippen molar-refractivity contribution in [2.45, 2.75) is 19.0 Å². The number of carboxylic acids is 1. The predicted molar refractivity (Wildman–Crippen MR) is 156 cm³/mol. The third-order valence-corrected chi connectivity index (χ3v) is 7.48. The maximum absolute atomic E-state index is 15.4. The van der Waals surface area contributed by atoms with Crippen LogP contribution < -0.4 is 4.73 Å². The Morgan fingerprint density at radius 2 is 1.73 bits per heavy atom. The van der Waals surface area contributed by atoms with Gasteiger partial charge in [-0.1, -0.05) is 40.5 Å². The molecule has 0 radical (unpaired) electrons. The minimum absolute atomic E-state index is 0.00535. The van der Waals surface area contributed by atoms with Gasteiger partial charge in [0.1, 0.15) is 6.04 Å². The van der Waals surface area contributed by atoms with Crippen LogP contribution in [-0.4, -0.2) is 45.6 Å². The highest BCUT2D eigenvalue weighted by Crippen LogP contribution is 2.34. The van der Waals surface area contributed by atoms with Gasteiger partial charge < -0.3 is 10.3 Å². The third kappa shape index (κ3) is 5.97. The first-order chi connectivity index (χ1) is 21.6. The molecule has 0 aliphatic rings. The van der Waals surface area contributed by atoms with Crippen LogP contribution in [0.3, 0.4) is 0 Å². The molecule has 45 heavy (non-hydrogen) atoms. The van der Waals surface area contributed by atoms with Crippen LogP contribution >= 0.6 is 23.2 Å². The van der Waals surface area contributed by atoms with E-state index in [-0.39, 0.29) is 50.4 Å². The smallest absolute Gasteiger partial charge is 0.335 e. The van der Waals surface area contributed by atoms with Crippen LogP contribution in [0.15, 0.2) is 85.6 Å². The van der Waals surface area contributed by atoms with Gasteiger partial charge >= 0.3 is 12.5 Å². The predicted octanol–water partition coefficient (Wildman–Crippen LogP) is 6.00. The van der Waals surface area contributed by atoms with Gasteiger partial charge in [0.25, 0.3) is 0 Å². The standard InChI is InChI=1S/C29H19Cl2F3N8O3/c30-21-6-8-23(41-15-25(31)36-38-41)26(27(21)32)18-5-7-22(42(45)14-18)24(11-20-9-10-39(37-20)29(33)34)40-13-19(12-35-40)16-1-3-17(4-2-16)28(43)44/h1-10,12-15,24,29H,11H2,(H,43,44)/t24-/m1/s1. The first kappa shape index (κ1) is 29.8. The Bertz CT molecular complexity index is 2030. The van der Waals surface area contributed by atoms with E-state index in [1.54, 1.807) is 18.3 Å². The largest absolute Gasteiger partial charge is 0.618 e. The lowest BCUT2D eigenvalue weighted by atomic mass is 10.0. The van der Waals surface area contributed by atoms with Gasteiger partial charge in [-0.15, -0.1) is 5.10 Å². The number of aromatic carboxylic acids is 1. The number of halogens is 5. The molecule has 4 heterocycles. The van der Waals surface area contributed by atoms with E-state index < -0.39 is 24.4 Å². The van der Waals surface area contributed by atoms with Crippen molar-refractivity contribution in [3.63, 3.8) is 0 Å². The van der Waals surface area contributed by atoms with E-state index in [9.17, 15) is 23.9 Å². The highest BCUT2D eigenvalue weighted by atomic mass is 35.5. The first-order valence-corrected chi connectivity index (χ1v) is 13.8. The molecule has 4 aromatic heterocycles. The maximum atomic E-state index is 15.4. The minimum Gasteiger partial charge on any atom is -0.618 e. The van der Waals surface area contributed by atoms with Crippen molar-refractivity contribution >= 4 is 29.2 Å². The summed E-state index contributed by atoms with van der Waals surface area (Å²) in [6.45, 7) is -2.85. The molecule has 0 spiro atoms. The normalized spacial score (nSPS) is 12.1. The molecule has 0 unspecified atom stereocenters. The van der Waals surface area contributed by atoms with Gasteiger partial charge in [-0.05, 0) is 42.0 Å². The van der Waals surface area contributed by atoms with E-state index >= 15 is 4.39 Å². The summed E-state index contributed by atoms with van der Waals surface area (Å²) in [5, 5.41) is 38.7. The van der Waals surface area contributed by atoms with Crippen molar-refractivity contribution in [2.24, 2.45) is 0 Å². The van der Waals surface area contributed by atoms with E-state index in [1.807, 2.05) is 0 Å². The SMILES string of the molecule is O=C(O)c1ccc(-c2cnn([C@H](Cc3ccn(C(F)F)n3)c3ccc(-c4c(-n5cc(Cl)nn5)ccc(Cl)c4F)c[n+]3[O-])c2)cc1. The molecule has 0 fully saturated rings. The molecule has 1 N–H and O–H groups in total. The Morgan fingerprint density at radius 1 is 0.978 bits per heavy atom. The molecule has 6 rings (SSSR count). The zero-order valence-electron chi connectivity index (χ0n) is 22.7. The quantitative estimate of drug-likeness (QED) is 0.149. The Hall–Kier alpha value is -5.21. The second kappa shape index (κ2) is 12.1. The van der Waals surface area contributed by atoms with Crippen molar-refractivity contribution in [1.29, 1.82) is 0 Å². The zero-order valence-corrected chi connectivity index (χ0v) is 24.2. The molecular formula is C29H19Cl2F3N8O3. The van der Waals surface area contributed by atoms with E-state index in [2.05, 4.69) is 20.5 Å². The summed E-state index contributed by atoms with van der Waals surface area (Å²) in [6, 6.07) is 12.5. The molecular weight excluding hydrogens is 636 g/mol. The highest BCUT2D eigenvalue weighted by Gasteiger charge is 2.27. The van der Waals surface area contributed by atoms with Crippen LogP contribution in [0.4, 0.5) is 13.2 Å². The lowest BCUT2D eigenvalue weighted by Gasteiger charge is -2.18. The summed E-state index contributed by atoms with van der Waals surface area (Å²) in [7, 11) is 0. The zero-order chi connectivity index (χ0) is 31.8. The fraction of sp³-hybridized carbons (Fsp3) is 0.103. The number of aromatic nitrogens is 8. The topological polar surface area (TPSA) is 131 Å². The van der Waals surface area contributed by atoms with Crippen molar-refractivity contribution in [3.8, 4) is 27.9 Å². The average molecular weight is 655 g/mol. The molecule has 0 saturated heterocycles. The summed E-state index contributed by atoms with van der Waals surface area (Å²) in [6.07, 6.45) is 6.82. The molecule has 0 aliphatic carbocycles. The summed E-state index contributed by atoms with van der Waals surface area (Å²) in [5.41, 5.74) is 2.15. The molecule has 0 saturated carbocycles. The van der Waals surface area contributed by atoms with Gasteiger partial charge in [0.2, 0.25) is 5.69 Å². The number of pyridine rings is 1. The number of nitrogens with zero attached hydrogens (tertiary/aromatic N) is 8. The molecule has 11 nitrogen and oxygen atoms in total.